The Morgan fingerprint density at radius 2 is 1.78 bits per heavy atom. The Morgan fingerprint density at radius 1 is 1.11 bits per heavy atom. The summed E-state index contributed by atoms with van der Waals surface area (Å²) in [5.74, 6) is 0.366. The number of thiazole rings is 1. The lowest BCUT2D eigenvalue weighted by Gasteiger charge is -2.12. The summed E-state index contributed by atoms with van der Waals surface area (Å²) in [6.07, 6.45) is 0. The molecule has 0 bridgehead atoms. The highest BCUT2D eigenvalue weighted by Crippen LogP contribution is 2.38. The maximum absolute atomic E-state index is 13.5. The van der Waals surface area contributed by atoms with E-state index in [1.54, 1.807) is 18.2 Å². The van der Waals surface area contributed by atoms with Crippen LogP contribution in [0.25, 0.3) is 10.2 Å². The van der Waals surface area contributed by atoms with Crippen LogP contribution >= 0.6 is 11.3 Å². The standard InChI is InChI=1S/C19H19FN2O4S/c1-5-22-13-7-6-12(20)10-16(13)27-19(22)21-18(23)11-8-14(24-2)17(26-4)15(9-11)25-3/h6-10H,5H2,1-4H3. The number of nitrogens with zero attached hydrogens (tertiary/aromatic N) is 2. The van der Waals surface area contributed by atoms with Gasteiger partial charge in [-0.2, -0.15) is 4.99 Å². The Hall–Kier alpha value is -2.87. The van der Waals surface area contributed by atoms with E-state index in [2.05, 4.69) is 4.99 Å². The molecule has 0 fully saturated rings. The van der Waals surface area contributed by atoms with Crippen LogP contribution in [0.1, 0.15) is 17.3 Å². The summed E-state index contributed by atoms with van der Waals surface area (Å²) in [7, 11) is 4.45. The van der Waals surface area contributed by atoms with Crippen molar-refractivity contribution in [3.63, 3.8) is 0 Å². The van der Waals surface area contributed by atoms with Crippen LogP contribution in [0.4, 0.5) is 4.39 Å². The van der Waals surface area contributed by atoms with Crippen LogP contribution in [-0.2, 0) is 6.54 Å². The van der Waals surface area contributed by atoms with E-state index in [0.717, 1.165) is 10.2 Å². The number of benzene rings is 2. The lowest BCUT2D eigenvalue weighted by Crippen LogP contribution is -2.16. The van der Waals surface area contributed by atoms with Crippen LogP contribution in [0, 0.1) is 5.82 Å². The minimum atomic E-state index is -0.455. The highest BCUT2D eigenvalue weighted by molar-refractivity contribution is 7.16. The zero-order chi connectivity index (χ0) is 19.6. The van der Waals surface area contributed by atoms with Crippen molar-refractivity contribution < 1.29 is 23.4 Å². The number of carbonyl (C=O) groups excluding carboxylic acids is 1. The van der Waals surface area contributed by atoms with Crippen molar-refractivity contribution in [3.05, 3.63) is 46.5 Å². The molecule has 0 atom stereocenters. The van der Waals surface area contributed by atoms with Crippen LogP contribution in [0.15, 0.2) is 35.3 Å². The molecule has 142 valence electrons. The first-order valence-corrected chi connectivity index (χ1v) is 9.02. The number of halogens is 1. The number of hydrogen-bond donors (Lipinski definition) is 0. The van der Waals surface area contributed by atoms with E-state index in [4.69, 9.17) is 14.2 Å². The molecule has 0 unspecified atom stereocenters. The van der Waals surface area contributed by atoms with Crippen LogP contribution in [0.5, 0.6) is 17.2 Å². The van der Waals surface area contributed by atoms with Crippen LogP contribution in [-0.4, -0.2) is 31.8 Å². The second kappa shape index (κ2) is 7.79. The van der Waals surface area contributed by atoms with E-state index < -0.39 is 5.91 Å². The van der Waals surface area contributed by atoms with Crippen molar-refractivity contribution in [2.24, 2.45) is 4.99 Å². The van der Waals surface area contributed by atoms with E-state index in [1.807, 2.05) is 11.5 Å². The van der Waals surface area contributed by atoms with Crippen molar-refractivity contribution >= 4 is 27.5 Å². The smallest absolute Gasteiger partial charge is 0.279 e. The molecule has 0 spiro atoms. The number of carbonyl (C=O) groups is 1. The fraction of sp³-hybridized carbons (Fsp3) is 0.263. The van der Waals surface area contributed by atoms with Gasteiger partial charge in [0.2, 0.25) is 5.75 Å². The van der Waals surface area contributed by atoms with E-state index in [1.165, 1.54) is 44.8 Å². The third-order valence-corrected chi connectivity index (χ3v) is 5.11. The van der Waals surface area contributed by atoms with Gasteiger partial charge in [-0.1, -0.05) is 11.3 Å². The molecular weight excluding hydrogens is 371 g/mol. The van der Waals surface area contributed by atoms with E-state index in [0.29, 0.717) is 34.2 Å². The monoisotopic (exact) mass is 390 g/mol. The average molecular weight is 390 g/mol. The molecule has 0 radical (unpaired) electrons. The van der Waals surface area contributed by atoms with E-state index >= 15 is 0 Å². The molecule has 8 heteroatoms. The molecule has 6 nitrogen and oxygen atoms in total. The van der Waals surface area contributed by atoms with E-state index in [-0.39, 0.29) is 5.82 Å². The third kappa shape index (κ3) is 3.52. The number of rotatable bonds is 5. The SMILES string of the molecule is CCn1c(=NC(=O)c2cc(OC)c(OC)c(OC)c2)sc2cc(F)ccc21. The molecule has 0 saturated heterocycles. The average Bonchev–Trinajstić information content (AvgIpc) is 3.02. The number of hydrogen-bond acceptors (Lipinski definition) is 5. The zero-order valence-electron chi connectivity index (χ0n) is 15.4. The van der Waals surface area contributed by atoms with Crippen LogP contribution in [0.2, 0.25) is 0 Å². The first-order chi connectivity index (χ1) is 13.0. The highest BCUT2D eigenvalue weighted by Gasteiger charge is 2.17. The molecule has 1 amide bonds. The van der Waals surface area contributed by atoms with Gasteiger partial charge >= 0.3 is 0 Å². The number of aryl methyl sites for hydroxylation is 1. The normalized spacial score (nSPS) is 11.7. The summed E-state index contributed by atoms with van der Waals surface area (Å²) in [6, 6.07) is 7.63. The molecule has 0 aliphatic heterocycles. The number of aromatic nitrogens is 1. The van der Waals surface area contributed by atoms with Crippen LogP contribution < -0.4 is 19.0 Å². The summed E-state index contributed by atoms with van der Waals surface area (Å²) < 4.78 is 31.9. The maximum Gasteiger partial charge on any atom is 0.279 e. The summed E-state index contributed by atoms with van der Waals surface area (Å²) >= 11 is 1.26. The van der Waals surface area contributed by atoms with Gasteiger partial charge in [-0.3, -0.25) is 4.79 Å². The Morgan fingerprint density at radius 3 is 2.33 bits per heavy atom. The molecule has 0 aliphatic carbocycles. The molecule has 2 aromatic carbocycles. The second-order valence-electron chi connectivity index (χ2n) is 5.57. The second-order valence-corrected chi connectivity index (χ2v) is 6.58. The summed E-state index contributed by atoms with van der Waals surface area (Å²) in [5, 5.41) is 0. The van der Waals surface area contributed by atoms with Crippen molar-refractivity contribution in [1.29, 1.82) is 0 Å². The fourth-order valence-corrected chi connectivity index (χ4v) is 3.91. The van der Waals surface area contributed by atoms with Gasteiger partial charge in [-0.05, 0) is 37.3 Å². The molecule has 1 heterocycles. The molecule has 27 heavy (non-hydrogen) atoms. The lowest BCUT2D eigenvalue weighted by molar-refractivity contribution is 0.0997. The number of amides is 1. The summed E-state index contributed by atoms with van der Waals surface area (Å²) in [4.78, 5) is 17.5. The Labute approximate surface area is 159 Å². The van der Waals surface area contributed by atoms with Crippen molar-refractivity contribution in [3.8, 4) is 17.2 Å². The molecule has 1 aromatic heterocycles. The van der Waals surface area contributed by atoms with Gasteiger partial charge in [0.1, 0.15) is 5.82 Å². The molecule has 0 N–H and O–H groups in total. The maximum atomic E-state index is 13.5. The third-order valence-electron chi connectivity index (χ3n) is 4.07. The first kappa shape index (κ1) is 18.9. The predicted octanol–water partition coefficient (Wildman–Crippen LogP) is 3.63. The first-order valence-electron chi connectivity index (χ1n) is 8.20. The Bertz CT molecular complexity index is 1050. The highest BCUT2D eigenvalue weighted by atomic mass is 32.1. The lowest BCUT2D eigenvalue weighted by atomic mass is 10.1. The fourth-order valence-electron chi connectivity index (χ4n) is 2.79. The van der Waals surface area contributed by atoms with Gasteiger partial charge in [-0.25, -0.2) is 4.39 Å². The van der Waals surface area contributed by atoms with Gasteiger partial charge in [0.15, 0.2) is 16.3 Å². The minimum Gasteiger partial charge on any atom is -0.493 e. The largest absolute Gasteiger partial charge is 0.493 e. The topological polar surface area (TPSA) is 62.1 Å². The predicted molar refractivity (Wildman–Crippen MR) is 101 cm³/mol. The molecule has 0 aliphatic rings. The van der Waals surface area contributed by atoms with Gasteiger partial charge < -0.3 is 18.8 Å². The zero-order valence-corrected chi connectivity index (χ0v) is 16.2. The Kier molecular flexibility index (Phi) is 5.46. The molecule has 0 saturated carbocycles. The van der Waals surface area contributed by atoms with Gasteiger partial charge in [-0.15, -0.1) is 0 Å². The Balaban J connectivity index is 2.13. The molecule has 3 aromatic rings. The molecule has 3 rings (SSSR count). The number of methoxy groups -OCH3 is 3. The van der Waals surface area contributed by atoms with Crippen LogP contribution in [0.3, 0.4) is 0 Å². The van der Waals surface area contributed by atoms with Crippen molar-refractivity contribution in [2.75, 3.05) is 21.3 Å². The van der Waals surface area contributed by atoms with Crippen molar-refractivity contribution in [2.45, 2.75) is 13.5 Å². The molecular formula is C19H19FN2O4S. The van der Waals surface area contributed by atoms with Gasteiger partial charge in [0.25, 0.3) is 5.91 Å². The van der Waals surface area contributed by atoms with Gasteiger partial charge in [0, 0.05) is 12.1 Å². The van der Waals surface area contributed by atoms with E-state index in [9.17, 15) is 9.18 Å². The number of fused-ring (bicyclic) bond motifs is 1. The van der Waals surface area contributed by atoms with Crippen molar-refractivity contribution in [1.82, 2.24) is 4.57 Å². The quantitative estimate of drug-likeness (QED) is 0.667. The number of ether oxygens (including phenoxy) is 3. The van der Waals surface area contributed by atoms with Gasteiger partial charge in [0.05, 0.1) is 31.5 Å². The minimum absolute atomic E-state index is 0.302. The summed E-state index contributed by atoms with van der Waals surface area (Å²) in [6.45, 7) is 2.55. The summed E-state index contributed by atoms with van der Waals surface area (Å²) in [5.41, 5.74) is 1.14.